The fourth-order valence-electron chi connectivity index (χ4n) is 4.34. The molecule has 2 N–H and O–H groups in total. The molecule has 2 aromatic carbocycles. The Morgan fingerprint density at radius 3 is 2.56 bits per heavy atom. The summed E-state index contributed by atoms with van der Waals surface area (Å²) in [6.45, 7) is 0.555. The first-order valence-electron chi connectivity index (χ1n) is 11.0. The highest BCUT2D eigenvalue weighted by Gasteiger charge is 2.44. The predicted octanol–water partition coefficient (Wildman–Crippen LogP) is 1.86. The van der Waals surface area contributed by atoms with Crippen molar-refractivity contribution in [1.82, 2.24) is 20.4 Å². The summed E-state index contributed by atoms with van der Waals surface area (Å²) in [5, 5.41) is 5.75. The fraction of sp³-hybridized carbons (Fsp3) is 0.320. The molecule has 2 aliphatic rings. The van der Waals surface area contributed by atoms with Gasteiger partial charge in [-0.3, -0.25) is 14.5 Å². The average molecular weight is 465 g/mol. The van der Waals surface area contributed by atoms with E-state index in [-0.39, 0.29) is 30.9 Å². The van der Waals surface area contributed by atoms with Crippen molar-refractivity contribution >= 4 is 17.8 Å². The van der Waals surface area contributed by atoms with Crippen molar-refractivity contribution in [2.75, 3.05) is 40.9 Å². The van der Waals surface area contributed by atoms with Crippen molar-refractivity contribution in [2.24, 2.45) is 0 Å². The highest BCUT2D eigenvalue weighted by Crippen LogP contribution is 2.42. The van der Waals surface area contributed by atoms with E-state index in [1.807, 2.05) is 30.3 Å². The summed E-state index contributed by atoms with van der Waals surface area (Å²) in [5.41, 5.74) is 2.73. The Balaban J connectivity index is 1.50. The maximum atomic E-state index is 13.4. The maximum Gasteiger partial charge on any atom is 0.322 e. The van der Waals surface area contributed by atoms with E-state index in [2.05, 4.69) is 10.6 Å². The number of rotatable bonds is 8. The second-order valence-electron chi connectivity index (χ2n) is 8.13. The molecule has 2 heterocycles. The van der Waals surface area contributed by atoms with Crippen LogP contribution >= 0.6 is 0 Å². The van der Waals surface area contributed by atoms with Gasteiger partial charge in [0.15, 0.2) is 11.5 Å². The van der Waals surface area contributed by atoms with Gasteiger partial charge < -0.3 is 25.0 Å². The van der Waals surface area contributed by atoms with Gasteiger partial charge >= 0.3 is 6.03 Å². The smallest absolute Gasteiger partial charge is 0.322 e. The van der Waals surface area contributed by atoms with Gasteiger partial charge in [0.2, 0.25) is 5.91 Å². The largest absolute Gasteiger partial charge is 0.493 e. The minimum Gasteiger partial charge on any atom is -0.493 e. The van der Waals surface area contributed by atoms with E-state index in [4.69, 9.17) is 9.47 Å². The van der Waals surface area contributed by atoms with Gasteiger partial charge in [0.25, 0.3) is 5.91 Å². The number of likely N-dealkylation sites (N-methyl/N-ethyl adjacent to an activating group) is 1. The number of nitrogens with one attached hydrogen (secondary N) is 2. The van der Waals surface area contributed by atoms with E-state index in [0.717, 1.165) is 5.56 Å². The molecule has 2 aliphatic heterocycles. The SMILES string of the molecule is COc1cccc([C@@H]2NC(=O)N(C)C3=C2C(=O)N(CC(=O)NCCc2ccccc2)C3)c1OC. The number of benzene rings is 2. The summed E-state index contributed by atoms with van der Waals surface area (Å²) >= 11 is 0. The number of carbonyl (C=O) groups excluding carboxylic acids is 3. The second kappa shape index (κ2) is 9.86. The van der Waals surface area contributed by atoms with E-state index >= 15 is 0 Å². The Bertz CT molecular complexity index is 1130. The molecule has 1 atom stereocenters. The molecule has 4 amide bonds. The Kier molecular flexibility index (Phi) is 6.72. The molecule has 34 heavy (non-hydrogen) atoms. The third-order valence-corrected chi connectivity index (χ3v) is 6.09. The van der Waals surface area contributed by atoms with E-state index in [1.54, 1.807) is 25.2 Å². The van der Waals surface area contributed by atoms with Crippen LogP contribution in [0.25, 0.3) is 0 Å². The number of nitrogens with zero attached hydrogens (tertiary/aromatic N) is 2. The normalized spacial score (nSPS) is 17.4. The van der Waals surface area contributed by atoms with Crippen molar-refractivity contribution in [3.05, 3.63) is 70.9 Å². The van der Waals surface area contributed by atoms with E-state index in [9.17, 15) is 14.4 Å². The number of hydrogen-bond donors (Lipinski definition) is 2. The van der Waals surface area contributed by atoms with Gasteiger partial charge in [-0.1, -0.05) is 42.5 Å². The molecule has 0 saturated carbocycles. The summed E-state index contributed by atoms with van der Waals surface area (Å²) in [6.07, 6.45) is 0.703. The van der Waals surface area contributed by atoms with Crippen molar-refractivity contribution in [2.45, 2.75) is 12.5 Å². The topological polar surface area (TPSA) is 100 Å². The highest BCUT2D eigenvalue weighted by atomic mass is 16.5. The van der Waals surface area contributed by atoms with Crippen LogP contribution in [0.3, 0.4) is 0 Å². The first-order chi connectivity index (χ1) is 16.4. The molecular formula is C25H28N4O5. The van der Waals surface area contributed by atoms with Gasteiger partial charge in [-0.25, -0.2) is 4.79 Å². The molecule has 9 heteroatoms. The number of hydrogen-bond acceptors (Lipinski definition) is 5. The first kappa shape index (κ1) is 23.2. The van der Waals surface area contributed by atoms with Crippen LogP contribution in [0, 0.1) is 0 Å². The van der Waals surface area contributed by atoms with Crippen LogP contribution < -0.4 is 20.1 Å². The molecule has 0 unspecified atom stereocenters. The maximum absolute atomic E-state index is 13.4. The van der Waals surface area contributed by atoms with Crippen molar-refractivity contribution in [3.8, 4) is 11.5 Å². The second-order valence-corrected chi connectivity index (χ2v) is 8.13. The van der Waals surface area contributed by atoms with Crippen molar-refractivity contribution in [3.63, 3.8) is 0 Å². The third kappa shape index (κ3) is 4.41. The number of para-hydroxylation sites is 1. The van der Waals surface area contributed by atoms with Crippen LogP contribution in [0.4, 0.5) is 4.79 Å². The monoisotopic (exact) mass is 464 g/mol. The minimum absolute atomic E-state index is 0.0926. The molecule has 0 saturated heterocycles. The van der Waals surface area contributed by atoms with E-state index in [1.165, 1.54) is 24.0 Å². The van der Waals surface area contributed by atoms with Crippen LogP contribution in [-0.4, -0.2) is 68.5 Å². The Morgan fingerprint density at radius 1 is 1.09 bits per heavy atom. The Morgan fingerprint density at radius 2 is 1.85 bits per heavy atom. The van der Waals surface area contributed by atoms with Gasteiger partial charge in [-0.05, 0) is 18.1 Å². The van der Waals surface area contributed by atoms with Crippen LogP contribution in [0.5, 0.6) is 11.5 Å². The highest BCUT2D eigenvalue weighted by molar-refractivity contribution is 6.03. The van der Waals surface area contributed by atoms with E-state index in [0.29, 0.717) is 41.3 Å². The third-order valence-electron chi connectivity index (χ3n) is 6.09. The Hall–Kier alpha value is -4.01. The van der Waals surface area contributed by atoms with Crippen molar-refractivity contribution in [1.29, 1.82) is 0 Å². The zero-order chi connectivity index (χ0) is 24.2. The lowest BCUT2D eigenvalue weighted by molar-refractivity contribution is -0.131. The zero-order valence-electron chi connectivity index (χ0n) is 19.5. The molecule has 178 valence electrons. The summed E-state index contributed by atoms with van der Waals surface area (Å²) in [6, 6.07) is 14.1. The van der Waals surface area contributed by atoms with Gasteiger partial charge in [0.1, 0.15) is 6.54 Å². The zero-order valence-corrected chi connectivity index (χ0v) is 19.5. The number of methoxy groups -OCH3 is 2. The molecule has 0 aliphatic carbocycles. The lowest BCUT2D eigenvalue weighted by Crippen LogP contribution is -2.45. The molecule has 0 aromatic heterocycles. The lowest BCUT2D eigenvalue weighted by Gasteiger charge is -2.31. The molecule has 2 aromatic rings. The van der Waals surface area contributed by atoms with Crippen LogP contribution in [-0.2, 0) is 16.0 Å². The van der Waals surface area contributed by atoms with Crippen molar-refractivity contribution < 1.29 is 23.9 Å². The minimum atomic E-state index is -0.720. The van der Waals surface area contributed by atoms with Gasteiger partial charge in [-0.2, -0.15) is 0 Å². The first-order valence-corrected chi connectivity index (χ1v) is 11.0. The fourth-order valence-corrected chi connectivity index (χ4v) is 4.34. The summed E-state index contributed by atoms with van der Waals surface area (Å²) in [5.74, 6) is 0.392. The van der Waals surface area contributed by atoms with Gasteiger partial charge in [-0.15, -0.1) is 0 Å². The number of ether oxygens (including phenoxy) is 2. The predicted molar refractivity (Wildman–Crippen MR) is 125 cm³/mol. The standard InChI is InChI=1S/C25H28N4O5/c1-28-18-14-29(15-20(30)26-13-12-16-8-5-4-6-9-16)24(31)21(18)22(27-25(28)32)17-10-7-11-19(33-2)23(17)34-3/h4-11,22H,12-15H2,1-3H3,(H,26,30)(H,27,32)/t22-/m0/s1. The molecule has 4 rings (SSSR count). The summed E-state index contributed by atoms with van der Waals surface area (Å²) in [7, 11) is 4.65. The molecule has 0 spiro atoms. The van der Waals surface area contributed by atoms with Crippen LogP contribution in [0.2, 0.25) is 0 Å². The molecule has 0 bridgehead atoms. The molecular weight excluding hydrogens is 436 g/mol. The Labute approximate surface area is 198 Å². The van der Waals surface area contributed by atoms with E-state index < -0.39 is 6.04 Å². The summed E-state index contributed by atoms with van der Waals surface area (Å²) in [4.78, 5) is 41.5. The average Bonchev–Trinajstić information content (AvgIpc) is 3.17. The number of urea groups is 1. The van der Waals surface area contributed by atoms with Gasteiger partial charge in [0, 0.05) is 19.2 Å². The lowest BCUT2D eigenvalue weighted by atomic mass is 9.94. The van der Waals surface area contributed by atoms with Gasteiger partial charge in [0.05, 0.1) is 38.1 Å². The quantitative estimate of drug-likeness (QED) is 0.621. The molecule has 0 fully saturated rings. The number of carbonyl (C=O) groups is 3. The number of amides is 4. The van der Waals surface area contributed by atoms with Crippen LogP contribution in [0.1, 0.15) is 17.2 Å². The van der Waals surface area contributed by atoms with Crippen LogP contribution in [0.15, 0.2) is 59.8 Å². The molecule has 9 nitrogen and oxygen atoms in total. The molecule has 0 radical (unpaired) electrons. The summed E-state index contributed by atoms with van der Waals surface area (Å²) < 4.78 is 10.9.